The summed E-state index contributed by atoms with van der Waals surface area (Å²) in [5.41, 5.74) is 2.85. The fourth-order valence-corrected chi connectivity index (χ4v) is 4.32. The van der Waals surface area contributed by atoms with Crippen molar-refractivity contribution >= 4 is 12.1 Å². The molecule has 1 aliphatic heterocycles. The van der Waals surface area contributed by atoms with Gasteiger partial charge >= 0.3 is 12.1 Å². The van der Waals surface area contributed by atoms with Gasteiger partial charge in [-0.25, -0.2) is 14.0 Å². The Labute approximate surface area is 236 Å². The first-order valence-electron chi connectivity index (χ1n) is 14.2. The highest BCUT2D eigenvalue weighted by molar-refractivity contribution is 5.86. The van der Waals surface area contributed by atoms with Crippen LogP contribution in [0.4, 0.5) is 9.18 Å². The maximum absolute atomic E-state index is 15.0. The van der Waals surface area contributed by atoms with Crippen LogP contribution in [0.25, 0.3) is 11.1 Å². The van der Waals surface area contributed by atoms with Gasteiger partial charge in [-0.3, -0.25) is 0 Å². The number of cyclic esters (lactones) is 2. The van der Waals surface area contributed by atoms with Crippen LogP contribution >= 0.6 is 0 Å². The van der Waals surface area contributed by atoms with Gasteiger partial charge in [0.05, 0.1) is 25.7 Å². The van der Waals surface area contributed by atoms with E-state index in [1.54, 1.807) is 13.0 Å². The van der Waals surface area contributed by atoms with Crippen LogP contribution in [0.1, 0.15) is 64.4 Å². The number of unbranched alkanes of at least 4 members (excludes halogenated alkanes) is 5. The van der Waals surface area contributed by atoms with Crippen LogP contribution in [0.5, 0.6) is 11.5 Å². The lowest BCUT2D eigenvalue weighted by molar-refractivity contribution is -0.139. The molecule has 0 radical (unpaired) electrons. The number of halogens is 1. The van der Waals surface area contributed by atoms with E-state index in [9.17, 15) is 14.0 Å². The summed E-state index contributed by atoms with van der Waals surface area (Å²) in [6.45, 7) is 8.93. The van der Waals surface area contributed by atoms with E-state index in [2.05, 4.69) is 13.5 Å². The molecule has 0 N–H and O–H groups in total. The quantitative estimate of drug-likeness (QED) is 0.114. The first-order chi connectivity index (χ1) is 19.4. The highest BCUT2D eigenvalue weighted by Crippen LogP contribution is 2.32. The van der Waals surface area contributed by atoms with Crippen LogP contribution in [0.2, 0.25) is 0 Å². The molecule has 0 saturated carbocycles. The second-order valence-electron chi connectivity index (χ2n) is 10.1. The third-order valence-electron chi connectivity index (χ3n) is 6.61. The molecule has 7 nitrogen and oxygen atoms in total. The summed E-state index contributed by atoms with van der Waals surface area (Å²) in [5.74, 6) is -0.0152. The molecule has 218 valence electrons. The minimum Gasteiger partial charge on any atom is -0.493 e. The third kappa shape index (κ3) is 10.2. The van der Waals surface area contributed by atoms with E-state index in [0.29, 0.717) is 37.4 Å². The second-order valence-corrected chi connectivity index (χ2v) is 10.1. The number of carbonyl (C=O) groups is 2. The maximum atomic E-state index is 15.0. The van der Waals surface area contributed by atoms with Crippen molar-refractivity contribution in [2.45, 2.75) is 65.2 Å². The van der Waals surface area contributed by atoms with Crippen LogP contribution in [0, 0.1) is 11.7 Å². The van der Waals surface area contributed by atoms with Gasteiger partial charge in [0, 0.05) is 5.57 Å². The van der Waals surface area contributed by atoms with Crippen LogP contribution in [0.15, 0.2) is 48.6 Å². The largest absolute Gasteiger partial charge is 0.508 e. The van der Waals surface area contributed by atoms with Crippen molar-refractivity contribution < 1.29 is 37.7 Å². The highest BCUT2D eigenvalue weighted by Gasteiger charge is 2.22. The monoisotopic (exact) mass is 556 g/mol. The standard InChI is InChI=1S/C32H41FO7/c1-4-5-6-7-8-9-16-36-30-15-12-26(19-29(30)33)28-14-13-27(38-20-24-21-39-32(35)40-22-24)18-25(28)11-10-17-37-31(34)23(2)3/h12-15,18-19,24H,2,4-11,16-17,20-22H2,1,3H3. The first-order valence-corrected chi connectivity index (χ1v) is 14.2. The third-order valence-corrected chi connectivity index (χ3v) is 6.61. The van der Waals surface area contributed by atoms with Gasteiger partial charge in [-0.2, -0.15) is 0 Å². The van der Waals surface area contributed by atoms with E-state index >= 15 is 0 Å². The molecule has 1 heterocycles. The summed E-state index contributed by atoms with van der Waals surface area (Å²) in [6, 6.07) is 10.7. The molecular formula is C32H41FO7. The average molecular weight is 557 g/mol. The fraction of sp³-hybridized carbons (Fsp3) is 0.500. The zero-order valence-corrected chi connectivity index (χ0v) is 23.7. The molecule has 40 heavy (non-hydrogen) atoms. The van der Waals surface area contributed by atoms with E-state index in [4.69, 9.17) is 23.7 Å². The number of hydrogen-bond acceptors (Lipinski definition) is 7. The van der Waals surface area contributed by atoms with Crippen molar-refractivity contribution in [3.05, 3.63) is 59.9 Å². The van der Waals surface area contributed by atoms with Gasteiger partial charge in [0.1, 0.15) is 19.0 Å². The Balaban J connectivity index is 1.66. The molecule has 0 aliphatic carbocycles. The Kier molecular flexibility index (Phi) is 12.8. The van der Waals surface area contributed by atoms with E-state index in [0.717, 1.165) is 29.5 Å². The molecule has 2 aromatic carbocycles. The van der Waals surface area contributed by atoms with Crippen molar-refractivity contribution in [1.29, 1.82) is 0 Å². The lowest BCUT2D eigenvalue weighted by atomic mass is 9.96. The Morgan fingerprint density at radius 3 is 2.45 bits per heavy atom. The Morgan fingerprint density at radius 2 is 1.73 bits per heavy atom. The number of ether oxygens (including phenoxy) is 5. The summed E-state index contributed by atoms with van der Waals surface area (Å²) < 4.78 is 41.7. The number of hydrogen-bond donors (Lipinski definition) is 0. The number of aryl methyl sites for hydroxylation is 1. The van der Waals surface area contributed by atoms with Gasteiger partial charge in [-0.05, 0) is 67.1 Å². The molecule has 0 aromatic heterocycles. The molecule has 0 bridgehead atoms. The Bertz CT molecular complexity index is 1120. The fourth-order valence-electron chi connectivity index (χ4n) is 4.32. The maximum Gasteiger partial charge on any atom is 0.508 e. The molecule has 1 fully saturated rings. The minimum absolute atomic E-state index is 0.0691. The van der Waals surface area contributed by atoms with Crippen LogP contribution in [0.3, 0.4) is 0 Å². The zero-order chi connectivity index (χ0) is 28.7. The molecule has 0 atom stereocenters. The highest BCUT2D eigenvalue weighted by atomic mass is 19.1. The van der Waals surface area contributed by atoms with Crippen molar-refractivity contribution in [2.24, 2.45) is 5.92 Å². The second kappa shape index (κ2) is 16.5. The van der Waals surface area contributed by atoms with E-state index in [1.165, 1.54) is 31.7 Å². The Morgan fingerprint density at radius 1 is 0.975 bits per heavy atom. The lowest BCUT2D eigenvalue weighted by Crippen LogP contribution is -2.31. The summed E-state index contributed by atoms with van der Waals surface area (Å²) >= 11 is 0. The molecule has 0 amide bonds. The molecular weight excluding hydrogens is 515 g/mol. The van der Waals surface area contributed by atoms with E-state index in [-0.39, 0.29) is 31.5 Å². The smallest absolute Gasteiger partial charge is 0.493 e. The molecule has 1 aliphatic rings. The predicted octanol–water partition coefficient (Wildman–Crippen LogP) is 7.45. The molecule has 3 rings (SSSR count). The molecule has 0 unspecified atom stereocenters. The number of carbonyl (C=O) groups excluding carboxylic acids is 2. The van der Waals surface area contributed by atoms with Crippen molar-refractivity contribution in [2.75, 3.05) is 33.0 Å². The molecule has 1 saturated heterocycles. The number of benzene rings is 2. The summed E-state index contributed by atoms with van der Waals surface area (Å²) in [7, 11) is 0. The first kappa shape index (κ1) is 31.0. The van der Waals surface area contributed by atoms with Gasteiger partial charge in [0.25, 0.3) is 0 Å². The minimum atomic E-state index is -0.665. The topological polar surface area (TPSA) is 80.3 Å². The van der Waals surface area contributed by atoms with Gasteiger partial charge in [-0.15, -0.1) is 0 Å². The van der Waals surface area contributed by atoms with E-state index in [1.807, 2.05) is 24.3 Å². The SMILES string of the molecule is C=C(C)C(=O)OCCCc1cc(OCC2COC(=O)OC2)ccc1-c1ccc(OCCCCCCCC)c(F)c1. The lowest BCUT2D eigenvalue weighted by Gasteiger charge is -2.22. The van der Waals surface area contributed by atoms with Gasteiger partial charge in [0.2, 0.25) is 0 Å². The molecule has 2 aromatic rings. The average Bonchev–Trinajstić information content (AvgIpc) is 2.95. The summed E-state index contributed by atoms with van der Waals surface area (Å²) in [4.78, 5) is 22.8. The summed E-state index contributed by atoms with van der Waals surface area (Å²) in [5, 5.41) is 0. The summed E-state index contributed by atoms with van der Waals surface area (Å²) in [6.07, 6.45) is 7.34. The predicted molar refractivity (Wildman–Crippen MR) is 151 cm³/mol. The normalized spacial score (nSPS) is 13.3. The number of rotatable bonds is 17. The molecule has 0 spiro atoms. The van der Waals surface area contributed by atoms with Crippen molar-refractivity contribution in [1.82, 2.24) is 0 Å². The van der Waals surface area contributed by atoms with Crippen molar-refractivity contribution in [3.8, 4) is 22.6 Å². The van der Waals surface area contributed by atoms with Gasteiger partial charge in [0.15, 0.2) is 11.6 Å². The van der Waals surface area contributed by atoms with Crippen LogP contribution in [-0.2, 0) is 25.4 Å². The number of esters is 1. The molecule has 8 heteroatoms. The van der Waals surface area contributed by atoms with Crippen LogP contribution < -0.4 is 9.47 Å². The van der Waals surface area contributed by atoms with E-state index < -0.39 is 17.9 Å². The Hall–Kier alpha value is -3.55. The zero-order valence-electron chi connectivity index (χ0n) is 23.7. The van der Waals surface area contributed by atoms with Crippen LogP contribution in [-0.4, -0.2) is 45.2 Å². The van der Waals surface area contributed by atoms with Gasteiger partial charge in [-0.1, -0.05) is 57.7 Å². The van der Waals surface area contributed by atoms with Gasteiger partial charge < -0.3 is 23.7 Å². The van der Waals surface area contributed by atoms with Crippen molar-refractivity contribution in [3.63, 3.8) is 0 Å².